The van der Waals surface area contributed by atoms with Gasteiger partial charge in [0.15, 0.2) is 0 Å². The van der Waals surface area contributed by atoms with E-state index < -0.39 is 0 Å². The molecule has 2 aromatic rings. The molecule has 0 radical (unpaired) electrons. The average Bonchev–Trinajstić information content (AvgIpc) is 2.58. The lowest BCUT2D eigenvalue weighted by Gasteiger charge is -2.07. The molecule has 0 bridgehead atoms. The first kappa shape index (κ1) is 18.3. The normalized spacial score (nSPS) is 10.2. The first-order valence-corrected chi connectivity index (χ1v) is 8.24. The predicted octanol–water partition coefficient (Wildman–Crippen LogP) is 4.25. The average molecular weight is 366 g/mol. The van der Waals surface area contributed by atoms with Crippen LogP contribution in [-0.2, 0) is 16.1 Å². The van der Waals surface area contributed by atoms with Gasteiger partial charge >= 0.3 is 5.97 Å². The van der Waals surface area contributed by atoms with E-state index in [1.807, 2.05) is 18.2 Å². The summed E-state index contributed by atoms with van der Waals surface area (Å²) in [6, 6.07) is 13.8. The first-order valence-electron chi connectivity index (χ1n) is 7.49. The molecule has 0 saturated carbocycles. The second kappa shape index (κ2) is 9.30. The minimum atomic E-state index is -0.323. The van der Waals surface area contributed by atoms with E-state index in [2.05, 4.69) is 5.32 Å². The van der Waals surface area contributed by atoms with E-state index in [1.165, 1.54) is 0 Å². The number of carbonyl (C=O) groups excluding carboxylic acids is 2. The van der Waals surface area contributed by atoms with Crippen LogP contribution in [0.3, 0.4) is 0 Å². The molecule has 1 N–H and O–H groups in total. The predicted molar refractivity (Wildman–Crippen MR) is 94.3 cm³/mol. The fourth-order valence-corrected chi connectivity index (χ4v) is 2.30. The van der Waals surface area contributed by atoms with Crippen molar-refractivity contribution < 1.29 is 14.3 Å². The molecule has 0 aliphatic rings. The quantitative estimate of drug-likeness (QED) is 0.589. The van der Waals surface area contributed by atoms with Crippen LogP contribution >= 0.6 is 23.2 Å². The maximum atomic E-state index is 11.9. The fourth-order valence-electron chi connectivity index (χ4n) is 1.98. The van der Waals surface area contributed by atoms with Crippen molar-refractivity contribution in [2.75, 3.05) is 6.54 Å². The minimum Gasteiger partial charge on any atom is -0.461 e. The number of halogens is 2. The molecule has 6 heteroatoms. The van der Waals surface area contributed by atoms with Crippen LogP contribution in [0.1, 0.15) is 28.8 Å². The van der Waals surface area contributed by atoms with Gasteiger partial charge in [0, 0.05) is 34.1 Å². The molecule has 2 aromatic carbocycles. The Morgan fingerprint density at radius 1 is 1.00 bits per heavy atom. The third-order valence-corrected chi connectivity index (χ3v) is 3.92. The van der Waals surface area contributed by atoms with Crippen LogP contribution in [0.5, 0.6) is 0 Å². The van der Waals surface area contributed by atoms with Crippen molar-refractivity contribution in [2.24, 2.45) is 0 Å². The van der Waals surface area contributed by atoms with Crippen LogP contribution in [-0.4, -0.2) is 18.4 Å². The van der Waals surface area contributed by atoms with E-state index >= 15 is 0 Å². The molecular weight excluding hydrogens is 349 g/mol. The first-order chi connectivity index (χ1) is 11.6. The number of hydrogen-bond donors (Lipinski definition) is 1. The van der Waals surface area contributed by atoms with Crippen LogP contribution < -0.4 is 5.32 Å². The van der Waals surface area contributed by atoms with Crippen LogP contribution in [0, 0.1) is 0 Å². The Labute approximate surface area is 150 Å². The van der Waals surface area contributed by atoms with Crippen molar-refractivity contribution in [3.63, 3.8) is 0 Å². The molecule has 0 spiro atoms. The Hall–Kier alpha value is -2.04. The van der Waals surface area contributed by atoms with Crippen LogP contribution in [0.25, 0.3) is 0 Å². The lowest BCUT2D eigenvalue weighted by atomic mass is 10.2. The van der Waals surface area contributed by atoms with Crippen LogP contribution in [0.15, 0.2) is 48.5 Å². The Kier molecular flexibility index (Phi) is 7.09. The smallest absolute Gasteiger partial charge is 0.306 e. The molecule has 24 heavy (non-hydrogen) atoms. The van der Waals surface area contributed by atoms with Crippen molar-refractivity contribution in [2.45, 2.75) is 19.4 Å². The molecule has 2 rings (SSSR count). The molecule has 0 saturated heterocycles. The maximum Gasteiger partial charge on any atom is 0.306 e. The number of carbonyl (C=O) groups is 2. The summed E-state index contributed by atoms with van der Waals surface area (Å²) in [7, 11) is 0. The van der Waals surface area contributed by atoms with Gasteiger partial charge in [0.2, 0.25) is 0 Å². The Morgan fingerprint density at radius 2 is 1.71 bits per heavy atom. The van der Waals surface area contributed by atoms with Gasteiger partial charge in [0.05, 0.1) is 0 Å². The zero-order valence-corrected chi connectivity index (χ0v) is 14.4. The number of hydrogen-bond acceptors (Lipinski definition) is 3. The van der Waals surface area contributed by atoms with Gasteiger partial charge in [-0.25, -0.2) is 0 Å². The highest BCUT2D eigenvalue weighted by atomic mass is 35.5. The van der Waals surface area contributed by atoms with Crippen LogP contribution in [0.2, 0.25) is 10.0 Å². The van der Waals surface area contributed by atoms with Crippen molar-refractivity contribution in [3.05, 3.63) is 69.7 Å². The molecular formula is C18H17Cl2NO3. The summed E-state index contributed by atoms with van der Waals surface area (Å²) in [5, 5.41) is 3.89. The number of amides is 1. The highest BCUT2D eigenvalue weighted by Crippen LogP contribution is 2.16. The van der Waals surface area contributed by atoms with E-state index in [4.69, 9.17) is 27.9 Å². The molecule has 0 aliphatic heterocycles. The Morgan fingerprint density at radius 3 is 2.42 bits per heavy atom. The second-order valence-electron chi connectivity index (χ2n) is 5.12. The van der Waals surface area contributed by atoms with Crippen molar-refractivity contribution in [3.8, 4) is 0 Å². The van der Waals surface area contributed by atoms with E-state index in [1.54, 1.807) is 30.3 Å². The van der Waals surface area contributed by atoms with Gasteiger partial charge in [0.25, 0.3) is 5.91 Å². The van der Waals surface area contributed by atoms with Gasteiger partial charge in [-0.2, -0.15) is 0 Å². The Bertz CT molecular complexity index is 702. The lowest BCUT2D eigenvalue weighted by molar-refractivity contribution is -0.145. The summed E-state index contributed by atoms with van der Waals surface area (Å²) < 4.78 is 5.16. The topological polar surface area (TPSA) is 55.4 Å². The van der Waals surface area contributed by atoms with Gasteiger partial charge in [-0.15, -0.1) is 0 Å². The van der Waals surface area contributed by atoms with E-state index in [0.717, 1.165) is 5.56 Å². The van der Waals surface area contributed by atoms with Crippen molar-refractivity contribution >= 4 is 35.1 Å². The summed E-state index contributed by atoms with van der Waals surface area (Å²) in [5.74, 6) is -0.522. The number of esters is 1. The minimum absolute atomic E-state index is 0.148. The summed E-state index contributed by atoms with van der Waals surface area (Å²) in [4.78, 5) is 23.6. The van der Waals surface area contributed by atoms with Crippen molar-refractivity contribution in [1.82, 2.24) is 5.32 Å². The highest BCUT2D eigenvalue weighted by molar-refractivity contribution is 6.31. The zero-order valence-electron chi connectivity index (χ0n) is 12.9. The molecule has 0 atom stereocenters. The number of rotatable bonds is 7. The number of nitrogens with one attached hydrogen (secondary N) is 1. The largest absolute Gasteiger partial charge is 0.461 e. The number of benzene rings is 2. The molecule has 0 aliphatic carbocycles. The zero-order chi connectivity index (χ0) is 17.4. The van der Waals surface area contributed by atoms with E-state index in [-0.39, 0.29) is 24.9 Å². The molecule has 4 nitrogen and oxygen atoms in total. The molecule has 0 unspecified atom stereocenters. The SMILES string of the molecule is O=C(CCCNC(=O)c1ccc(Cl)cc1)OCc1ccccc1Cl. The third kappa shape index (κ3) is 5.87. The monoisotopic (exact) mass is 365 g/mol. The van der Waals surface area contributed by atoms with Gasteiger partial charge < -0.3 is 10.1 Å². The fraction of sp³-hybridized carbons (Fsp3) is 0.222. The highest BCUT2D eigenvalue weighted by Gasteiger charge is 2.07. The molecule has 0 aromatic heterocycles. The lowest BCUT2D eigenvalue weighted by Crippen LogP contribution is -2.24. The van der Waals surface area contributed by atoms with E-state index in [9.17, 15) is 9.59 Å². The van der Waals surface area contributed by atoms with E-state index in [0.29, 0.717) is 28.6 Å². The molecule has 0 heterocycles. The number of ether oxygens (including phenoxy) is 1. The van der Waals surface area contributed by atoms with Gasteiger partial charge in [-0.3, -0.25) is 9.59 Å². The summed E-state index contributed by atoms with van der Waals surface area (Å²) in [6.45, 7) is 0.540. The molecule has 0 fully saturated rings. The Balaban J connectivity index is 1.65. The maximum absolute atomic E-state index is 11.9. The molecule has 126 valence electrons. The summed E-state index contributed by atoms with van der Waals surface area (Å²) >= 11 is 11.8. The molecule has 1 amide bonds. The van der Waals surface area contributed by atoms with Crippen LogP contribution in [0.4, 0.5) is 0 Å². The van der Waals surface area contributed by atoms with Gasteiger partial charge in [-0.05, 0) is 36.8 Å². The second-order valence-corrected chi connectivity index (χ2v) is 5.96. The van der Waals surface area contributed by atoms with Gasteiger partial charge in [-0.1, -0.05) is 41.4 Å². The summed E-state index contributed by atoms with van der Waals surface area (Å²) in [5.41, 5.74) is 1.30. The standard InChI is InChI=1S/C18H17Cl2NO3/c19-15-9-7-13(8-10-15)18(23)21-11-3-6-17(22)24-12-14-4-1-2-5-16(14)20/h1-2,4-5,7-10H,3,6,11-12H2,(H,21,23). The van der Waals surface area contributed by atoms with Gasteiger partial charge in [0.1, 0.15) is 6.61 Å². The summed E-state index contributed by atoms with van der Waals surface area (Å²) in [6.07, 6.45) is 0.728. The van der Waals surface area contributed by atoms with Crippen molar-refractivity contribution in [1.29, 1.82) is 0 Å². The third-order valence-electron chi connectivity index (χ3n) is 3.30.